The number of carbonyl (C=O) groups is 1. The highest BCUT2D eigenvalue weighted by Crippen LogP contribution is 2.19. The Morgan fingerprint density at radius 1 is 1.37 bits per heavy atom. The van der Waals surface area contributed by atoms with Crippen molar-refractivity contribution < 1.29 is 9.53 Å². The maximum Gasteiger partial charge on any atom is 0.174 e. The summed E-state index contributed by atoms with van der Waals surface area (Å²) in [4.78, 5) is 16.5. The summed E-state index contributed by atoms with van der Waals surface area (Å²) in [6.07, 6.45) is 1.70. The fourth-order valence-corrected chi connectivity index (χ4v) is 1.95. The molecule has 1 aromatic carbocycles. The number of ketones is 1. The van der Waals surface area contributed by atoms with Gasteiger partial charge in [-0.05, 0) is 26.0 Å². The van der Waals surface area contributed by atoms with Crippen LogP contribution in [0.15, 0.2) is 30.6 Å². The molecule has 0 aliphatic heterocycles. The minimum atomic E-state index is -0.0210. The molecule has 2 rings (SSSR count). The lowest BCUT2D eigenvalue weighted by Gasteiger charge is -2.10. The van der Waals surface area contributed by atoms with Gasteiger partial charge in [0.15, 0.2) is 5.78 Å². The lowest BCUT2D eigenvalue weighted by Crippen LogP contribution is -2.13. The highest BCUT2D eigenvalue weighted by Gasteiger charge is 2.16. The molecule has 0 atom stereocenters. The van der Waals surface area contributed by atoms with Crippen LogP contribution in [0.1, 0.15) is 36.1 Å². The van der Waals surface area contributed by atoms with Crippen LogP contribution < -0.4 is 4.74 Å². The van der Waals surface area contributed by atoms with Crippen LogP contribution in [0.4, 0.5) is 0 Å². The zero-order valence-electron chi connectivity index (χ0n) is 11.3. The van der Waals surface area contributed by atoms with Crippen LogP contribution in [0, 0.1) is 0 Å². The van der Waals surface area contributed by atoms with Crippen LogP contribution in [0.5, 0.6) is 5.75 Å². The molecule has 0 unspecified atom stereocenters. The monoisotopic (exact) mass is 259 g/mol. The third-order valence-electron chi connectivity index (χ3n) is 2.86. The maximum atomic E-state index is 12.3. The summed E-state index contributed by atoms with van der Waals surface area (Å²) in [5, 5.41) is 4.13. The number of aromatic nitrogens is 3. The molecule has 0 radical (unpaired) electrons. The zero-order chi connectivity index (χ0) is 13.8. The number of Topliss-reactive ketones (excluding diaryl/α,β-unsaturated/α-hetero) is 1. The minimum absolute atomic E-state index is 0.0210. The van der Waals surface area contributed by atoms with E-state index in [9.17, 15) is 4.79 Å². The van der Waals surface area contributed by atoms with E-state index >= 15 is 0 Å². The molecule has 0 aliphatic rings. The first kappa shape index (κ1) is 13.3. The second-order valence-corrected chi connectivity index (χ2v) is 4.51. The lowest BCUT2D eigenvalue weighted by molar-refractivity contribution is 0.0986. The van der Waals surface area contributed by atoms with Crippen molar-refractivity contribution in [1.82, 2.24) is 14.8 Å². The fourth-order valence-electron chi connectivity index (χ4n) is 1.95. The number of benzene rings is 1. The van der Waals surface area contributed by atoms with Gasteiger partial charge in [0.1, 0.15) is 17.9 Å². The number of para-hydroxylation sites is 1. The third-order valence-corrected chi connectivity index (χ3v) is 2.86. The molecule has 0 saturated heterocycles. The van der Waals surface area contributed by atoms with Crippen LogP contribution in [-0.2, 0) is 6.42 Å². The Hall–Kier alpha value is -2.17. The first-order valence-electron chi connectivity index (χ1n) is 6.18. The van der Waals surface area contributed by atoms with E-state index in [-0.39, 0.29) is 18.2 Å². The SMILES string of the molecule is COc1ccccc1C(=O)Cc1ncnn1C(C)C. The van der Waals surface area contributed by atoms with Gasteiger partial charge in [0.25, 0.3) is 0 Å². The van der Waals surface area contributed by atoms with Crippen molar-refractivity contribution in [2.45, 2.75) is 26.3 Å². The van der Waals surface area contributed by atoms with E-state index in [1.807, 2.05) is 26.0 Å². The maximum absolute atomic E-state index is 12.3. The summed E-state index contributed by atoms with van der Waals surface area (Å²) >= 11 is 0. The van der Waals surface area contributed by atoms with Gasteiger partial charge >= 0.3 is 0 Å². The molecule has 0 spiro atoms. The molecule has 0 saturated carbocycles. The minimum Gasteiger partial charge on any atom is -0.496 e. The Morgan fingerprint density at radius 3 is 2.79 bits per heavy atom. The number of rotatable bonds is 5. The van der Waals surface area contributed by atoms with Gasteiger partial charge in [0.05, 0.1) is 19.1 Å². The Kier molecular flexibility index (Phi) is 3.94. The summed E-state index contributed by atoms with van der Waals surface area (Å²) < 4.78 is 6.96. The molecule has 2 aromatic rings. The van der Waals surface area contributed by atoms with Crippen LogP contribution in [-0.4, -0.2) is 27.7 Å². The largest absolute Gasteiger partial charge is 0.496 e. The van der Waals surface area contributed by atoms with Gasteiger partial charge in [-0.25, -0.2) is 9.67 Å². The Bertz CT molecular complexity index is 576. The first-order valence-corrected chi connectivity index (χ1v) is 6.18. The predicted molar refractivity (Wildman–Crippen MR) is 71.4 cm³/mol. The van der Waals surface area contributed by atoms with E-state index in [2.05, 4.69) is 10.1 Å². The Balaban J connectivity index is 2.23. The normalized spacial score (nSPS) is 10.7. The molecule has 100 valence electrons. The molecular weight excluding hydrogens is 242 g/mol. The van der Waals surface area contributed by atoms with E-state index in [4.69, 9.17) is 4.74 Å². The van der Waals surface area contributed by atoms with Crippen molar-refractivity contribution >= 4 is 5.78 Å². The number of hydrogen-bond donors (Lipinski definition) is 0. The van der Waals surface area contributed by atoms with Gasteiger partial charge in [-0.2, -0.15) is 5.10 Å². The van der Waals surface area contributed by atoms with E-state index < -0.39 is 0 Å². The number of methoxy groups -OCH3 is 1. The summed E-state index contributed by atoms with van der Waals surface area (Å²) in [5.41, 5.74) is 0.573. The molecule has 19 heavy (non-hydrogen) atoms. The highest BCUT2D eigenvalue weighted by molar-refractivity contribution is 5.99. The molecular formula is C14H17N3O2. The van der Waals surface area contributed by atoms with Crippen molar-refractivity contribution in [3.8, 4) is 5.75 Å². The number of hydrogen-bond acceptors (Lipinski definition) is 4. The van der Waals surface area contributed by atoms with Gasteiger partial charge in [-0.15, -0.1) is 0 Å². The fraction of sp³-hybridized carbons (Fsp3) is 0.357. The van der Waals surface area contributed by atoms with Crippen LogP contribution in [0.3, 0.4) is 0 Å². The zero-order valence-corrected chi connectivity index (χ0v) is 11.3. The van der Waals surface area contributed by atoms with Crippen molar-refractivity contribution in [3.63, 3.8) is 0 Å². The Morgan fingerprint density at radius 2 is 2.11 bits per heavy atom. The first-order chi connectivity index (χ1) is 9.13. The van der Waals surface area contributed by atoms with Crippen molar-refractivity contribution in [3.05, 3.63) is 42.0 Å². The average molecular weight is 259 g/mol. The van der Waals surface area contributed by atoms with Crippen LogP contribution >= 0.6 is 0 Å². The van der Waals surface area contributed by atoms with E-state index in [1.54, 1.807) is 23.9 Å². The van der Waals surface area contributed by atoms with E-state index in [1.165, 1.54) is 6.33 Å². The van der Waals surface area contributed by atoms with Gasteiger partial charge in [-0.1, -0.05) is 12.1 Å². The molecule has 5 heteroatoms. The molecule has 0 aliphatic carbocycles. The summed E-state index contributed by atoms with van der Waals surface area (Å²) in [5.74, 6) is 1.24. The molecule has 1 aromatic heterocycles. The average Bonchev–Trinajstić information content (AvgIpc) is 2.87. The lowest BCUT2D eigenvalue weighted by atomic mass is 10.1. The molecule has 0 bridgehead atoms. The van der Waals surface area contributed by atoms with Crippen LogP contribution in [0.25, 0.3) is 0 Å². The summed E-state index contributed by atoms with van der Waals surface area (Å²) in [6.45, 7) is 4.01. The summed E-state index contributed by atoms with van der Waals surface area (Å²) in [7, 11) is 1.56. The van der Waals surface area contributed by atoms with Gasteiger partial charge in [0, 0.05) is 6.04 Å². The van der Waals surface area contributed by atoms with Crippen molar-refractivity contribution in [2.24, 2.45) is 0 Å². The second kappa shape index (κ2) is 5.65. The standard InChI is InChI=1S/C14H17N3O2/c1-10(2)17-14(15-9-16-17)8-12(18)11-6-4-5-7-13(11)19-3/h4-7,9-10H,8H2,1-3H3. The molecule has 0 amide bonds. The molecule has 0 N–H and O–H groups in total. The van der Waals surface area contributed by atoms with Gasteiger partial charge in [-0.3, -0.25) is 4.79 Å². The molecule has 5 nitrogen and oxygen atoms in total. The topological polar surface area (TPSA) is 57.0 Å². The predicted octanol–water partition coefficient (Wildman–Crippen LogP) is 2.29. The smallest absolute Gasteiger partial charge is 0.174 e. The van der Waals surface area contributed by atoms with Crippen molar-refractivity contribution in [1.29, 1.82) is 0 Å². The highest BCUT2D eigenvalue weighted by atomic mass is 16.5. The molecule has 0 fully saturated rings. The quantitative estimate of drug-likeness (QED) is 0.773. The Labute approximate surface area is 112 Å². The van der Waals surface area contributed by atoms with E-state index in [0.29, 0.717) is 17.1 Å². The summed E-state index contributed by atoms with van der Waals surface area (Å²) in [6, 6.07) is 7.38. The third kappa shape index (κ3) is 2.81. The van der Waals surface area contributed by atoms with Crippen LogP contribution in [0.2, 0.25) is 0 Å². The number of ether oxygens (including phenoxy) is 1. The molecule has 1 heterocycles. The van der Waals surface area contributed by atoms with Crippen molar-refractivity contribution in [2.75, 3.05) is 7.11 Å². The van der Waals surface area contributed by atoms with Gasteiger partial charge < -0.3 is 4.74 Å². The van der Waals surface area contributed by atoms with Gasteiger partial charge in [0.2, 0.25) is 0 Å². The number of nitrogens with zero attached hydrogens (tertiary/aromatic N) is 3. The second-order valence-electron chi connectivity index (χ2n) is 4.51. The van der Waals surface area contributed by atoms with E-state index in [0.717, 1.165) is 0 Å². The number of carbonyl (C=O) groups excluding carboxylic acids is 1.